The number of rotatable bonds is 5. The number of carbonyl (C=O) groups excluding carboxylic acids is 1. The van der Waals surface area contributed by atoms with Gasteiger partial charge in [0, 0.05) is 5.92 Å². The highest BCUT2D eigenvalue weighted by Crippen LogP contribution is 2.48. The first-order valence-corrected chi connectivity index (χ1v) is 7.71. The van der Waals surface area contributed by atoms with Crippen LogP contribution in [0.2, 0.25) is 0 Å². The molecular weight excluding hydrogens is 250 g/mol. The molecule has 3 heteroatoms. The molecule has 0 saturated heterocycles. The Bertz CT molecular complexity index is 459. The fourth-order valence-electron chi connectivity index (χ4n) is 3.93. The third kappa shape index (κ3) is 2.88. The van der Waals surface area contributed by atoms with Crippen molar-refractivity contribution in [3.8, 4) is 0 Å². The van der Waals surface area contributed by atoms with Crippen molar-refractivity contribution in [2.24, 2.45) is 17.8 Å². The number of fused-ring (bicyclic) bond motifs is 2. The summed E-state index contributed by atoms with van der Waals surface area (Å²) in [5.74, 6) is 1.72. The zero-order valence-electron chi connectivity index (χ0n) is 11.8. The number of carbonyl (C=O) groups is 1. The second-order valence-electron chi connectivity index (χ2n) is 6.36. The predicted octanol–water partition coefficient (Wildman–Crippen LogP) is 2.14. The zero-order valence-corrected chi connectivity index (χ0v) is 11.8. The Morgan fingerprint density at radius 2 is 2.05 bits per heavy atom. The average Bonchev–Trinajstić information content (AvgIpc) is 3.10. The van der Waals surface area contributed by atoms with Gasteiger partial charge in [-0.25, -0.2) is 0 Å². The predicted molar refractivity (Wildman–Crippen MR) is 78.1 cm³/mol. The van der Waals surface area contributed by atoms with Crippen molar-refractivity contribution in [2.45, 2.75) is 38.1 Å². The summed E-state index contributed by atoms with van der Waals surface area (Å²) in [6, 6.07) is 9.86. The van der Waals surface area contributed by atoms with Crippen LogP contribution in [0, 0.1) is 17.8 Å². The number of benzene rings is 1. The minimum absolute atomic E-state index is 0.00144. The Morgan fingerprint density at radius 1 is 1.25 bits per heavy atom. The molecule has 2 N–H and O–H groups in total. The summed E-state index contributed by atoms with van der Waals surface area (Å²) in [5, 5.41) is 12.5. The van der Waals surface area contributed by atoms with Gasteiger partial charge in [0.2, 0.25) is 5.91 Å². The van der Waals surface area contributed by atoms with Gasteiger partial charge in [-0.2, -0.15) is 0 Å². The monoisotopic (exact) mass is 273 g/mol. The van der Waals surface area contributed by atoms with Crippen molar-refractivity contribution in [1.29, 1.82) is 0 Å². The first-order chi connectivity index (χ1) is 9.76. The van der Waals surface area contributed by atoms with E-state index in [2.05, 4.69) is 5.32 Å². The number of hydrogen-bond donors (Lipinski definition) is 2. The van der Waals surface area contributed by atoms with Crippen LogP contribution in [0.15, 0.2) is 30.3 Å². The Balaban J connectivity index is 1.56. The van der Waals surface area contributed by atoms with E-state index >= 15 is 0 Å². The summed E-state index contributed by atoms with van der Waals surface area (Å²) in [6.07, 6.45) is 5.51. The fourth-order valence-corrected chi connectivity index (χ4v) is 3.93. The van der Waals surface area contributed by atoms with Gasteiger partial charge in [0.15, 0.2) is 0 Å². The smallest absolute Gasteiger partial charge is 0.223 e. The number of amides is 1. The molecule has 0 aromatic heterocycles. The van der Waals surface area contributed by atoms with E-state index in [1.807, 2.05) is 30.3 Å². The lowest BCUT2D eigenvalue weighted by Crippen LogP contribution is -2.43. The average molecular weight is 273 g/mol. The van der Waals surface area contributed by atoms with E-state index in [0.29, 0.717) is 12.3 Å². The van der Waals surface area contributed by atoms with E-state index in [0.717, 1.165) is 17.9 Å². The third-order valence-corrected chi connectivity index (χ3v) is 4.97. The highest BCUT2D eigenvalue weighted by molar-refractivity contribution is 5.79. The molecule has 0 aliphatic heterocycles. The molecule has 2 bridgehead atoms. The van der Waals surface area contributed by atoms with Crippen LogP contribution < -0.4 is 5.32 Å². The summed E-state index contributed by atoms with van der Waals surface area (Å²) >= 11 is 0. The van der Waals surface area contributed by atoms with Gasteiger partial charge in [-0.3, -0.25) is 4.79 Å². The SMILES string of the molecule is O=C(N[C@@H](CO)Cc1ccccc1)C1CC2CCC1C2. The van der Waals surface area contributed by atoms with E-state index in [-0.39, 0.29) is 24.5 Å². The van der Waals surface area contributed by atoms with Gasteiger partial charge in [0.1, 0.15) is 0 Å². The number of aliphatic hydroxyl groups excluding tert-OH is 1. The molecule has 2 saturated carbocycles. The lowest BCUT2D eigenvalue weighted by Gasteiger charge is -2.24. The molecule has 2 aliphatic carbocycles. The molecule has 3 rings (SSSR count). The van der Waals surface area contributed by atoms with Crippen molar-refractivity contribution in [2.75, 3.05) is 6.61 Å². The van der Waals surface area contributed by atoms with Gasteiger partial charge in [-0.15, -0.1) is 0 Å². The highest BCUT2D eigenvalue weighted by Gasteiger charge is 2.43. The lowest BCUT2D eigenvalue weighted by molar-refractivity contribution is -0.127. The van der Waals surface area contributed by atoms with E-state index in [9.17, 15) is 9.90 Å². The number of hydrogen-bond acceptors (Lipinski definition) is 2. The molecule has 20 heavy (non-hydrogen) atoms. The van der Waals surface area contributed by atoms with Crippen molar-refractivity contribution >= 4 is 5.91 Å². The normalized spacial score (nSPS) is 29.4. The number of nitrogens with one attached hydrogen (secondary N) is 1. The van der Waals surface area contributed by atoms with Gasteiger partial charge >= 0.3 is 0 Å². The Kier molecular flexibility index (Phi) is 4.06. The fraction of sp³-hybridized carbons (Fsp3) is 0.588. The molecule has 4 atom stereocenters. The van der Waals surface area contributed by atoms with Crippen LogP contribution in [0.3, 0.4) is 0 Å². The Morgan fingerprint density at radius 3 is 2.65 bits per heavy atom. The topological polar surface area (TPSA) is 49.3 Å². The van der Waals surface area contributed by atoms with Crippen molar-refractivity contribution in [3.05, 3.63) is 35.9 Å². The maximum atomic E-state index is 12.4. The van der Waals surface area contributed by atoms with Crippen LogP contribution in [0.4, 0.5) is 0 Å². The molecule has 0 spiro atoms. The molecule has 2 aliphatic rings. The molecule has 2 fully saturated rings. The van der Waals surface area contributed by atoms with E-state index in [4.69, 9.17) is 0 Å². The highest BCUT2D eigenvalue weighted by atomic mass is 16.3. The summed E-state index contributed by atoms with van der Waals surface area (Å²) in [6.45, 7) is 0.00144. The van der Waals surface area contributed by atoms with Crippen molar-refractivity contribution in [3.63, 3.8) is 0 Å². The second kappa shape index (κ2) is 5.96. The lowest BCUT2D eigenvalue weighted by atomic mass is 9.88. The van der Waals surface area contributed by atoms with Crippen LogP contribution in [-0.4, -0.2) is 23.7 Å². The van der Waals surface area contributed by atoms with Gasteiger partial charge in [-0.05, 0) is 43.1 Å². The number of aliphatic hydroxyl groups is 1. The first-order valence-electron chi connectivity index (χ1n) is 7.71. The minimum Gasteiger partial charge on any atom is -0.394 e. The van der Waals surface area contributed by atoms with Gasteiger partial charge in [-0.1, -0.05) is 36.8 Å². The van der Waals surface area contributed by atoms with E-state index in [1.165, 1.54) is 19.3 Å². The van der Waals surface area contributed by atoms with Crippen LogP contribution in [0.5, 0.6) is 0 Å². The van der Waals surface area contributed by atoms with E-state index < -0.39 is 0 Å². The minimum atomic E-state index is -0.163. The molecular formula is C17H23NO2. The maximum Gasteiger partial charge on any atom is 0.223 e. The molecule has 3 nitrogen and oxygen atoms in total. The summed E-state index contributed by atoms with van der Waals surface area (Å²) < 4.78 is 0. The Hall–Kier alpha value is -1.35. The standard InChI is InChI=1S/C17H23NO2/c19-11-15(9-12-4-2-1-3-5-12)18-17(20)16-10-13-6-7-14(16)8-13/h1-5,13-16,19H,6-11H2,(H,18,20)/t13?,14?,15-,16?/m1/s1. The molecule has 0 radical (unpaired) electrons. The third-order valence-electron chi connectivity index (χ3n) is 4.97. The van der Waals surface area contributed by atoms with Crippen LogP contribution in [0.25, 0.3) is 0 Å². The second-order valence-corrected chi connectivity index (χ2v) is 6.36. The molecule has 108 valence electrons. The summed E-state index contributed by atoms with van der Waals surface area (Å²) in [4.78, 5) is 12.4. The van der Waals surface area contributed by atoms with Crippen LogP contribution in [-0.2, 0) is 11.2 Å². The van der Waals surface area contributed by atoms with E-state index in [1.54, 1.807) is 0 Å². The molecule has 0 heterocycles. The van der Waals surface area contributed by atoms with Crippen molar-refractivity contribution in [1.82, 2.24) is 5.32 Å². The quantitative estimate of drug-likeness (QED) is 0.863. The zero-order chi connectivity index (χ0) is 13.9. The first kappa shape index (κ1) is 13.6. The molecule has 1 aromatic rings. The van der Waals surface area contributed by atoms with Gasteiger partial charge in [0.25, 0.3) is 0 Å². The Labute approximate surface area is 120 Å². The molecule has 1 aromatic carbocycles. The summed E-state index contributed by atoms with van der Waals surface area (Å²) in [5.41, 5.74) is 1.15. The molecule has 1 amide bonds. The van der Waals surface area contributed by atoms with Gasteiger partial charge in [0.05, 0.1) is 12.6 Å². The van der Waals surface area contributed by atoms with Crippen LogP contribution >= 0.6 is 0 Å². The van der Waals surface area contributed by atoms with Gasteiger partial charge < -0.3 is 10.4 Å². The van der Waals surface area contributed by atoms with Crippen molar-refractivity contribution < 1.29 is 9.90 Å². The molecule has 3 unspecified atom stereocenters. The maximum absolute atomic E-state index is 12.4. The summed E-state index contributed by atoms with van der Waals surface area (Å²) in [7, 11) is 0. The van der Waals surface area contributed by atoms with Crippen LogP contribution in [0.1, 0.15) is 31.2 Å². The largest absolute Gasteiger partial charge is 0.394 e.